The predicted octanol–water partition coefficient (Wildman–Crippen LogP) is 3.40. The second-order valence-electron chi connectivity index (χ2n) is 4.49. The van der Waals surface area contributed by atoms with Crippen molar-refractivity contribution in [1.29, 1.82) is 0 Å². The molecule has 0 N–H and O–H groups in total. The summed E-state index contributed by atoms with van der Waals surface area (Å²) in [6, 6.07) is 8.12. The van der Waals surface area contributed by atoms with Crippen molar-refractivity contribution < 1.29 is 9.47 Å². The van der Waals surface area contributed by atoms with E-state index >= 15 is 0 Å². The third-order valence-electron chi connectivity index (χ3n) is 3.26. The van der Waals surface area contributed by atoms with Crippen LogP contribution in [-0.4, -0.2) is 25.6 Å². The van der Waals surface area contributed by atoms with Crippen LogP contribution in [0.25, 0.3) is 0 Å². The zero-order valence-electron chi connectivity index (χ0n) is 9.69. The molecule has 0 saturated carbocycles. The molecule has 17 heavy (non-hydrogen) atoms. The molecule has 0 bridgehead atoms. The van der Waals surface area contributed by atoms with Crippen molar-refractivity contribution in [2.45, 2.75) is 12.8 Å². The van der Waals surface area contributed by atoms with Gasteiger partial charge in [-0.1, -0.05) is 12.1 Å². The minimum Gasteiger partial charge on any atom is -0.492 e. The van der Waals surface area contributed by atoms with Crippen molar-refractivity contribution in [3.63, 3.8) is 0 Å². The lowest BCUT2D eigenvalue weighted by atomic mass is 9.83. The zero-order valence-corrected chi connectivity index (χ0v) is 12.7. The molecular formula is C13H17IO2S. The van der Waals surface area contributed by atoms with E-state index in [2.05, 4.69) is 41.3 Å². The van der Waals surface area contributed by atoms with E-state index in [9.17, 15) is 0 Å². The summed E-state index contributed by atoms with van der Waals surface area (Å²) >= 11 is 6.79. The van der Waals surface area contributed by atoms with E-state index in [4.69, 9.17) is 9.47 Å². The lowest BCUT2D eigenvalue weighted by Gasteiger charge is -2.35. The Bertz CT molecular complexity index is 364. The second kappa shape index (κ2) is 6.29. The number of hydrogen-bond donors (Lipinski definition) is 1. The lowest BCUT2D eigenvalue weighted by Crippen LogP contribution is -2.37. The number of benzene rings is 1. The van der Waals surface area contributed by atoms with Crippen molar-refractivity contribution in [3.8, 4) is 5.75 Å². The molecule has 2 nitrogen and oxygen atoms in total. The van der Waals surface area contributed by atoms with Crippen molar-refractivity contribution in [2.75, 3.05) is 25.6 Å². The van der Waals surface area contributed by atoms with Crippen LogP contribution < -0.4 is 4.74 Å². The predicted molar refractivity (Wildman–Crippen MR) is 81.0 cm³/mol. The first kappa shape index (κ1) is 13.5. The van der Waals surface area contributed by atoms with Gasteiger partial charge in [0.25, 0.3) is 0 Å². The summed E-state index contributed by atoms with van der Waals surface area (Å²) in [5.74, 6) is 1.83. The highest BCUT2D eigenvalue weighted by molar-refractivity contribution is 14.1. The highest BCUT2D eigenvalue weighted by Crippen LogP contribution is 2.33. The number of thiol groups is 1. The third kappa shape index (κ3) is 3.51. The van der Waals surface area contributed by atoms with Crippen LogP contribution in [0, 0.1) is 8.99 Å². The molecule has 94 valence electrons. The van der Waals surface area contributed by atoms with Gasteiger partial charge in [-0.25, -0.2) is 0 Å². The van der Waals surface area contributed by atoms with E-state index in [-0.39, 0.29) is 5.41 Å². The van der Waals surface area contributed by atoms with Gasteiger partial charge in [-0.15, -0.1) is 0 Å². The fraction of sp³-hybridized carbons (Fsp3) is 0.538. The third-order valence-corrected chi connectivity index (χ3v) is 4.82. The van der Waals surface area contributed by atoms with Crippen LogP contribution in [0.5, 0.6) is 5.75 Å². The van der Waals surface area contributed by atoms with Gasteiger partial charge in [0.1, 0.15) is 5.75 Å². The summed E-state index contributed by atoms with van der Waals surface area (Å²) in [7, 11) is 0. The van der Waals surface area contributed by atoms with Gasteiger partial charge in [0.15, 0.2) is 0 Å². The first-order chi connectivity index (χ1) is 8.26. The molecule has 2 rings (SSSR count). The fourth-order valence-electron chi connectivity index (χ4n) is 1.95. The summed E-state index contributed by atoms with van der Waals surface area (Å²) in [5.41, 5.74) is 0.181. The Kier molecular flexibility index (Phi) is 4.99. The molecule has 1 aliphatic rings. The number of para-hydroxylation sites is 1. The molecule has 1 heterocycles. The topological polar surface area (TPSA) is 18.5 Å². The molecule has 0 atom stereocenters. The summed E-state index contributed by atoms with van der Waals surface area (Å²) < 4.78 is 12.5. The van der Waals surface area contributed by atoms with E-state index in [1.54, 1.807) is 0 Å². The molecular weight excluding hydrogens is 347 g/mol. The summed E-state index contributed by atoms with van der Waals surface area (Å²) in [6.07, 6.45) is 2.08. The van der Waals surface area contributed by atoms with E-state index < -0.39 is 0 Å². The van der Waals surface area contributed by atoms with Gasteiger partial charge in [0.2, 0.25) is 0 Å². The Hall–Kier alpha value is 0.0600. The maximum atomic E-state index is 5.96. The van der Waals surface area contributed by atoms with Crippen LogP contribution in [0.15, 0.2) is 24.3 Å². The van der Waals surface area contributed by atoms with E-state index in [1.807, 2.05) is 18.2 Å². The molecule has 0 amide bonds. The molecule has 1 saturated heterocycles. The molecule has 1 aromatic carbocycles. The standard InChI is InChI=1S/C13H17IO2S/c14-11-3-1-2-4-12(11)16-9-13(10-17)5-7-15-8-6-13/h1-4,17H,5-10H2. The Morgan fingerprint density at radius 3 is 2.65 bits per heavy atom. The number of ether oxygens (including phenoxy) is 2. The number of hydrogen-bond acceptors (Lipinski definition) is 3. The molecule has 1 fully saturated rings. The van der Waals surface area contributed by atoms with Gasteiger partial charge in [0.05, 0.1) is 10.2 Å². The van der Waals surface area contributed by atoms with Crippen molar-refractivity contribution in [1.82, 2.24) is 0 Å². The monoisotopic (exact) mass is 364 g/mol. The Labute approximate surface area is 122 Å². The Morgan fingerprint density at radius 2 is 2.00 bits per heavy atom. The minimum absolute atomic E-state index is 0.181. The van der Waals surface area contributed by atoms with Crippen LogP contribution >= 0.6 is 35.2 Å². The average molecular weight is 364 g/mol. The zero-order chi connectivity index (χ0) is 12.1. The maximum Gasteiger partial charge on any atom is 0.132 e. The molecule has 0 aromatic heterocycles. The van der Waals surface area contributed by atoms with Gasteiger partial charge in [-0.2, -0.15) is 12.6 Å². The summed E-state index contributed by atoms with van der Waals surface area (Å²) in [5, 5.41) is 0. The van der Waals surface area contributed by atoms with Gasteiger partial charge in [0, 0.05) is 18.6 Å². The van der Waals surface area contributed by atoms with Crippen LogP contribution in [-0.2, 0) is 4.74 Å². The molecule has 0 spiro atoms. The second-order valence-corrected chi connectivity index (χ2v) is 5.97. The van der Waals surface area contributed by atoms with Gasteiger partial charge >= 0.3 is 0 Å². The molecule has 0 unspecified atom stereocenters. The van der Waals surface area contributed by atoms with Crippen molar-refractivity contribution >= 4 is 35.2 Å². The summed E-state index contributed by atoms with van der Waals surface area (Å²) in [6.45, 7) is 2.39. The fourth-order valence-corrected chi connectivity index (χ4v) is 2.90. The number of rotatable bonds is 4. The largest absolute Gasteiger partial charge is 0.492 e. The van der Waals surface area contributed by atoms with Gasteiger partial charge in [-0.3, -0.25) is 0 Å². The van der Waals surface area contributed by atoms with E-state index in [0.717, 1.165) is 47.7 Å². The Balaban J connectivity index is 1.98. The van der Waals surface area contributed by atoms with Gasteiger partial charge in [-0.05, 0) is 53.3 Å². The normalized spacial score (nSPS) is 18.9. The number of halogens is 1. The van der Waals surface area contributed by atoms with Gasteiger partial charge < -0.3 is 9.47 Å². The van der Waals surface area contributed by atoms with Crippen molar-refractivity contribution in [3.05, 3.63) is 27.8 Å². The molecule has 1 aromatic rings. The first-order valence-corrected chi connectivity index (χ1v) is 7.53. The molecule has 1 aliphatic heterocycles. The highest BCUT2D eigenvalue weighted by Gasteiger charge is 2.32. The molecule has 0 radical (unpaired) electrons. The highest BCUT2D eigenvalue weighted by atomic mass is 127. The smallest absolute Gasteiger partial charge is 0.132 e. The molecule has 4 heteroatoms. The Morgan fingerprint density at radius 1 is 1.29 bits per heavy atom. The summed E-state index contributed by atoms with van der Waals surface area (Å²) in [4.78, 5) is 0. The first-order valence-electron chi connectivity index (χ1n) is 5.82. The molecule has 0 aliphatic carbocycles. The van der Waals surface area contributed by atoms with Crippen LogP contribution in [0.1, 0.15) is 12.8 Å². The minimum atomic E-state index is 0.181. The average Bonchev–Trinajstić information content (AvgIpc) is 2.39. The van der Waals surface area contributed by atoms with Crippen LogP contribution in [0.2, 0.25) is 0 Å². The van der Waals surface area contributed by atoms with E-state index in [0.29, 0.717) is 0 Å². The van der Waals surface area contributed by atoms with Crippen LogP contribution in [0.4, 0.5) is 0 Å². The van der Waals surface area contributed by atoms with Crippen molar-refractivity contribution in [2.24, 2.45) is 5.41 Å². The van der Waals surface area contributed by atoms with E-state index in [1.165, 1.54) is 0 Å². The lowest BCUT2D eigenvalue weighted by molar-refractivity contribution is 0.00295. The maximum absolute atomic E-state index is 5.96. The SMILES string of the molecule is SCC1(COc2ccccc2I)CCOCC1. The quantitative estimate of drug-likeness (QED) is 0.652. The van der Waals surface area contributed by atoms with Crippen LogP contribution in [0.3, 0.4) is 0 Å².